The molecule has 0 saturated carbocycles. The minimum Gasteiger partial charge on any atom is -0.318 e. The molecule has 1 aromatic carbocycles. The predicted molar refractivity (Wildman–Crippen MR) is 54.4 cm³/mol. The summed E-state index contributed by atoms with van der Waals surface area (Å²) >= 11 is 0. The van der Waals surface area contributed by atoms with E-state index in [1.165, 1.54) is 7.11 Å². The molecule has 1 unspecified atom stereocenters. The average molecular weight is 199 g/mol. The van der Waals surface area contributed by atoms with Crippen LogP contribution < -0.4 is 10.4 Å². The summed E-state index contributed by atoms with van der Waals surface area (Å²) in [6.45, 7) is 2.52. The molecule has 0 aliphatic heterocycles. The molecule has 1 aromatic rings. The van der Waals surface area contributed by atoms with Crippen molar-refractivity contribution in [3.05, 3.63) is 30.3 Å². The molecule has 0 fully saturated rings. The highest BCUT2D eigenvalue weighted by Crippen LogP contribution is 2.39. The molecule has 13 heavy (non-hydrogen) atoms. The molecule has 0 bridgehead atoms. The van der Waals surface area contributed by atoms with Gasteiger partial charge < -0.3 is 4.52 Å². The first-order valence-corrected chi connectivity index (χ1v) is 5.82. The quantitative estimate of drug-likeness (QED) is 0.751. The first-order chi connectivity index (χ1) is 6.23. The van der Waals surface area contributed by atoms with E-state index in [4.69, 9.17) is 4.52 Å². The summed E-state index contributed by atoms with van der Waals surface area (Å²) in [5, 5.41) is 3.57. The third kappa shape index (κ3) is 2.41. The lowest BCUT2D eigenvalue weighted by molar-refractivity contribution is 0.393. The summed E-state index contributed by atoms with van der Waals surface area (Å²) < 4.78 is 17.1. The fraction of sp³-hybridized carbons (Fsp3) is 0.333. The maximum Gasteiger partial charge on any atom is 0.299 e. The minimum absolute atomic E-state index is 0.625. The summed E-state index contributed by atoms with van der Waals surface area (Å²) in [6.07, 6.45) is 0. The standard InChI is InChI=1S/C9H14NO2P/c1-3-10-13(11,12-2)9-7-5-4-6-8-9/h4-8H,3H2,1-2H3,(H,10,11). The lowest BCUT2D eigenvalue weighted by Gasteiger charge is -2.16. The topological polar surface area (TPSA) is 38.3 Å². The van der Waals surface area contributed by atoms with Crippen LogP contribution in [0.25, 0.3) is 0 Å². The van der Waals surface area contributed by atoms with Gasteiger partial charge in [0, 0.05) is 13.7 Å². The largest absolute Gasteiger partial charge is 0.318 e. The zero-order valence-electron chi connectivity index (χ0n) is 7.86. The van der Waals surface area contributed by atoms with Gasteiger partial charge in [-0.3, -0.25) is 4.57 Å². The summed E-state index contributed by atoms with van der Waals surface area (Å²) in [4.78, 5) is 0. The maximum absolute atomic E-state index is 12.1. The van der Waals surface area contributed by atoms with Crippen LogP contribution in [0.5, 0.6) is 0 Å². The molecule has 1 atom stereocenters. The van der Waals surface area contributed by atoms with Crippen molar-refractivity contribution in [3.8, 4) is 0 Å². The second-order valence-electron chi connectivity index (χ2n) is 2.58. The molecule has 0 aliphatic carbocycles. The van der Waals surface area contributed by atoms with E-state index in [-0.39, 0.29) is 0 Å². The Bertz CT molecular complexity index is 300. The SMILES string of the molecule is CCNP(=O)(OC)c1ccccc1. The van der Waals surface area contributed by atoms with Crippen molar-refractivity contribution in [2.45, 2.75) is 6.92 Å². The molecule has 0 aromatic heterocycles. The van der Waals surface area contributed by atoms with Gasteiger partial charge in [0.15, 0.2) is 0 Å². The van der Waals surface area contributed by atoms with Crippen LogP contribution in [0.2, 0.25) is 0 Å². The van der Waals surface area contributed by atoms with E-state index < -0.39 is 7.52 Å². The van der Waals surface area contributed by atoms with Gasteiger partial charge in [0.2, 0.25) is 0 Å². The number of rotatable bonds is 4. The number of hydrogen-bond acceptors (Lipinski definition) is 2. The smallest absolute Gasteiger partial charge is 0.299 e. The number of hydrogen-bond donors (Lipinski definition) is 1. The fourth-order valence-electron chi connectivity index (χ4n) is 1.09. The molecule has 3 nitrogen and oxygen atoms in total. The second-order valence-corrected chi connectivity index (χ2v) is 4.88. The van der Waals surface area contributed by atoms with Gasteiger partial charge in [-0.05, 0) is 12.1 Å². The molecule has 0 heterocycles. The first-order valence-electron chi connectivity index (χ1n) is 4.19. The Kier molecular flexibility index (Phi) is 3.67. The molecular weight excluding hydrogens is 185 g/mol. The number of benzene rings is 1. The fourth-order valence-corrected chi connectivity index (χ4v) is 2.60. The molecule has 1 N–H and O–H groups in total. The van der Waals surface area contributed by atoms with E-state index in [2.05, 4.69) is 5.09 Å². The lowest BCUT2D eigenvalue weighted by atomic mass is 10.4. The Labute approximate surface area is 78.6 Å². The van der Waals surface area contributed by atoms with Crippen LogP contribution in [-0.2, 0) is 9.09 Å². The van der Waals surface area contributed by atoms with Crippen LogP contribution in [0.1, 0.15) is 6.92 Å². The van der Waals surface area contributed by atoms with Crippen LogP contribution in [0.3, 0.4) is 0 Å². The molecular formula is C9H14NO2P. The van der Waals surface area contributed by atoms with Crippen LogP contribution in [0.15, 0.2) is 30.3 Å². The van der Waals surface area contributed by atoms with Gasteiger partial charge in [0.1, 0.15) is 0 Å². The van der Waals surface area contributed by atoms with E-state index in [9.17, 15) is 4.57 Å². The first kappa shape index (κ1) is 10.5. The zero-order chi connectivity index (χ0) is 9.73. The summed E-state index contributed by atoms with van der Waals surface area (Å²) in [5.41, 5.74) is 0. The van der Waals surface area contributed by atoms with E-state index >= 15 is 0 Å². The summed E-state index contributed by atoms with van der Waals surface area (Å²) in [7, 11) is -1.35. The minimum atomic E-state index is -2.80. The Hall–Kier alpha value is -0.630. The molecule has 0 spiro atoms. The molecule has 1 rings (SSSR count). The molecule has 4 heteroatoms. The highest BCUT2D eigenvalue weighted by atomic mass is 31.2. The van der Waals surface area contributed by atoms with E-state index in [0.29, 0.717) is 11.8 Å². The zero-order valence-corrected chi connectivity index (χ0v) is 8.75. The van der Waals surface area contributed by atoms with Crippen molar-refractivity contribution >= 4 is 12.8 Å². The van der Waals surface area contributed by atoms with Gasteiger partial charge in [0.25, 0.3) is 7.52 Å². The van der Waals surface area contributed by atoms with E-state index in [1.807, 2.05) is 25.1 Å². The van der Waals surface area contributed by atoms with Gasteiger partial charge in [-0.1, -0.05) is 25.1 Å². The third-order valence-electron chi connectivity index (χ3n) is 1.72. The molecule has 0 radical (unpaired) electrons. The van der Waals surface area contributed by atoms with Crippen LogP contribution in [-0.4, -0.2) is 13.7 Å². The third-order valence-corrected chi connectivity index (χ3v) is 3.94. The van der Waals surface area contributed by atoms with Crippen LogP contribution >= 0.6 is 7.52 Å². The highest BCUT2D eigenvalue weighted by molar-refractivity contribution is 7.65. The van der Waals surface area contributed by atoms with Gasteiger partial charge >= 0.3 is 0 Å². The Balaban J connectivity index is 2.96. The number of nitrogens with one attached hydrogen (secondary N) is 1. The van der Waals surface area contributed by atoms with Gasteiger partial charge in [0.05, 0.1) is 5.30 Å². The monoisotopic (exact) mass is 199 g/mol. The van der Waals surface area contributed by atoms with Crippen molar-refractivity contribution in [1.82, 2.24) is 5.09 Å². The average Bonchev–Trinajstić information content (AvgIpc) is 2.19. The molecule has 72 valence electrons. The van der Waals surface area contributed by atoms with Crippen molar-refractivity contribution in [2.24, 2.45) is 0 Å². The molecule has 0 saturated heterocycles. The van der Waals surface area contributed by atoms with Crippen LogP contribution in [0.4, 0.5) is 0 Å². The normalized spacial score (nSPS) is 15.2. The Morgan fingerprint density at radius 2 is 2.00 bits per heavy atom. The van der Waals surface area contributed by atoms with Crippen molar-refractivity contribution < 1.29 is 9.09 Å². The van der Waals surface area contributed by atoms with Crippen molar-refractivity contribution in [2.75, 3.05) is 13.7 Å². The van der Waals surface area contributed by atoms with Crippen LogP contribution in [0, 0.1) is 0 Å². The van der Waals surface area contributed by atoms with E-state index in [1.54, 1.807) is 12.1 Å². The van der Waals surface area contributed by atoms with Crippen molar-refractivity contribution in [1.29, 1.82) is 0 Å². The molecule has 0 aliphatic rings. The Morgan fingerprint density at radius 3 is 2.46 bits per heavy atom. The molecule has 0 amide bonds. The van der Waals surface area contributed by atoms with Crippen molar-refractivity contribution in [3.63, 3.8) is 0 Å². The van der Waals surface area contributed by atoms with Gasteiger partial charge in [-0.25, -0.2) is 5.09 Å². The van der Waals surface area contributed by atoms with Gasteiger partial charge in [-0.15, -0.1) is 0 Å². The second kappa shape index (κ2) is 4.56. The van der Waals surface area contributed by atoms with E-state index in [0.717, 1.165) is 0 Å². The predicted octanol–water partition coefficient (Wildman–Crippen LogP) is 1.76. The summed E-state index contributed by atoms with van der Waals surface area (Å²) in [5.74, 6) is 0. The maximum atomic E-state index is 12.1. The lowest BCUT2D eigenvalue weighted by Crippen LogP contribution is -2.19. The Morgan fingerprint density at radius 1 is 1.38 bits per heavy atom. The van der Waals surface area contributed by atoms with Gasteiger partial charge in [-0.2, -0.15) is 0 Å². The summed E-state index contributed by atoms with van der Waals surface area (Å²) in [6, 6.07) is 9.17. The highest BCUT2D eigenvalue weighted by Gasteiger charge is 2.21.